The molecule has 1 saturated carbocycles. The van der Waals surface area contributed by atoms with E-state index in [0.29, 0.717) is 31.0 Å². The molecule has 82 valence electrons. The Bertz CT molecular complexity index is 300. The standard InChI is InChI=1S/C9H17NO3S/c1-13-9-3-7-5-10(14(2,11)12)6-8(7)4-9/h7-9H,3-6H2,1-2H3. The Morgan fingerprint density at radius 3 is 2.07 bits per heavy atom. The molecular weight excluding hydrogens is 202 g/mol. The highest BCUT2D eigenvalue weighted by Crippen LogP contribution is 2.39. The molecule has 0 bridgehead atoms. The van der Waals surface area contributed by atoms with E-state index in [2.05, 4.69) is 0 Å². The van der Waals surface area contributed by atoms with Gasteiger partial charge in [0.2, 0.25) is 10.0 Å². The van der Waals surface area contributed by atoms with Crippen LogP contribution in [-0.4, -0.2) is 45.3 Å². The van der Waals surface area contributed by atoms with Crippen LogP contribution in [0.2, 0.25) is 0 Å². The summed E-state index contributed by atoms with van der Waals surface area (Å²) in [7, 11) is -1.24. The smallest absolute Gasteiger partial charge is 0.211 e. The Morgan fingerprint density at radius 1 is 1.21 bits per heavy atom. The highest BCUT2D eigenvalue weighted by atomic mass is 32.2. The lowest BCUT2D eigenvalue weighted by molar-refractivity contribution is 0.0998. The first kappa shape index (κ1) is 10.4. The van der Waals surface area contributed by atoms with Crippen LogP contribution in [0.1, 0.15) is 12.8 Å². The Labute approximate surface area is 85.3 Å². The normalized spacial score (nSPS) is 38.9. The summed E-state index contributed by atoms with van der Waals surface area (Å²) < 4.78 is 29.5. The van der Waals surface area contributed by atoms with Crippen molar-refractivity contribution in [3.05, 3.63) is 0 Å². The molecule has 0 N–H and O–H groups in total. The van der Waals surface area contributed by atoms with Crippen molar-refractivity contribution in [1.82, 2.24) is 4.31 Å². The zero-order valence-electron chi connectivity index (χ0n) is 8.64. The van der Waals surface area contributed by atoms with Crippen molar-refractivity contribution in [2.45, 2.75) is 18.9 Å². The molecule has 0 aromatic rings. The molecule has 2 atom stereocenters. The molecule has 2 aliphatic rings. The van der Waals surface area contributed by atoms with E-state index < -0.39 is 10.0 Å². The SMILES string of the molecule is COC1CC2CN(S(C)(=O)=O)CC2C1. The van der Waals surface area contributed by atoms with Gasteiger partial charge in [0, 0.05) is 20.2 Å². The van der Waals surface area contributed by atoms with Crippen molar-refractivity contribution in [3.8, 4) is 0 Å². The number of hydrogen-bond acceptors (Lipinski definition) is 3. The molecule has 5 heteroatoms. The van der Waals surface area contributed by atoms with Gasteiger partial charge < -0.3 is 4.74 Å². The molecule has 0 amide bonds. The Kier molecular flexibility index (Phi) is 2.57. The van der Waals surface area contributed by atoms with Crippen LogP contribution in [0.4, 0.5) is 0 Å². The van der Waals surface area contributed by atoms with Gasteiger partial charge in [0.25, 0.3) is 0 Å². The van der Waals surface area contributed by atoms with E-state index in [1.165, 1.54) is 6.26 Å². The van der Waals surface area contributed by atoms with Gasteiger partial charge in [0.05, 0.1) is 12.4 Å². The maximum atomic E-state index is 11.3. The van der Waals surface area contributed by atoms with E-state index in [1.54, 1.807) is 11.4 Å². The average Bonchev–Trinajstić information content (AvgIpc) is 2.56. The molecule has 1 aliphatic heterocycles. The molecule has 0 aromatic heterocycles. The molecule has 0 aromatic carbocycles. The van der Waals surface area contributed by atoms with Gasteiger partial charge in [0.15, 0.2) is 0 Å². The maximum Gasteiger partial charge on any atom is 0.211 e. The van der Waals surface area contributed by atoms with E-state index in [1.807, 2.05) is 0 Å². The number of hydrogen-bond donors (Lipinski definition) is 0. The Morgan fingerprint density at radius 2 is 1.71 bits per heavy atom. The molecule has 0 radical (unpaired) electrons. The minimum atomic E-state index is -2.98. The van der Waals surface area contributed by atoms with Gasteiger partial charge in [-0.05, 0) is 24.7 Å². The first-order valence-electron chi connectivity index (χ1n) is 4.98. The maximum absolute atomic E-state index is 11.3. The van der Waals surface area contributed by atoms with Gasteiger partial charge in [-0.3, -0.25) is 0 Å². The van der Waals surface area contributed by atoms with Crippen LogP contribution in [0.25, 0.3) is 0 Å². The molecule has 2 fully saturated rings. The summed E-state index contributed by atoms with van der Waals surface area (Å²) in [5.41, 5.74) is 0. The number of sulfonamides is 1. The first-order chi connectivity index (χ1) is 6.50. The van der Waals surface area contributed by atoms with E-state index in [4.69, 9.17) is 4.74 Å². The lowest BCUT2D eigenvalue weighted by Gasteiger charge is -2.15. The topological polar surface area (TPSA) is 46.6 Å². The summed E-state index contributed by atoms with van der Waals surface area (Å²) in [6, 6.07) is 0. The zero-order chi connectivity index (χ0) is 10.3. The van der Waals surface area contributed by atoms with Crippen molar-refractivity contribution in [1.29, 1.82) is 0 Å². The number of ether oxygens (including phenoxy) is 1. The average molecular weight is 219 g/mol. The fraction of sp³-hybridized carbons (Fsp3) is 1.00. The van der Waals surface area contributed by atoms with Crippen LogP contribution >= 0.6 is 0 Å². The van der Waals surface area contributed by atoms with Gasteiger partial charge in [-0.25, -0.2) is 12.7 Å². The fourth-order valence-electron chi connectivity index (χ4n) is 2.66. The van der Waals surface area contributed by atoms with Gasteiger partial charge >= 0.3 is 0 Å². The number of fused-ring (bicyclic) bond motifs is 1. The third kappa shape index (κ3) is 1.81. The predicted octanol–water partition coefficient (Wildman–Crippen LogP) is 0.303. The second kappa shape index (κ2) is 3.47. The lowest BCUT2D eigenvalue weighted by atomic mass is 10.0. The number of methoxy groups -OCH3 is 1. The van der Waals surface area contributed by atoms with Crippen LogP contribution < -0.4 is 0 Å². The van der Waals surface area contributed by atoms with Crippen LogP contribution in [-0.2, 0) is 14.8 Å². The van der Waals surface area contributed by atoms with Crippen molar-refractivity contribution in [3.63, 3.8) is 0 Å². The van der Waals surface area contributed by atoms with Gasteiger partial charge in [-0.15, -0.1) is 0 Å². The Hall–Kier alpha value is -0.130. The quantitative estimate of drug-likeness (QED) is 0.671. The van der Waals surface area contributed by atoms with E-state index >= 15 is 0 Å². The monoisotopic (exact) mass is 219 g/mol. The largest absolute Gasteiger partial charge is 0.381 e. The minimum absolute atomic E-state index is 0.353. The molecule has 2 unspecified atom stereocenters. The van der Waals surface area contributed by atoms with Crippen molar-refractivity contribution in [2.24, 2.45) is 11.8 Å². The Balaban J connectivity index is 2.00. The van der Waals surface area contributed by atoms with E-state index in [0.717, 1.165) is 12.8 Å². The second-order valence-electron chi connectivity index (χ2n) is 4.43. The van der Waals surface area contributed by atoms with Gasteiger partial charge in [0.1, 0.15) is 0 Å². The molecule has 1 saturated heterocycles. The third-order valence-electron chi connectivity index (χ3n) is 3.48. The molecule has 0 spiro atoms. The van der Waals surface area contributed by atoms with E-state index in [9.17, 15) is 8.42 Å². The van der Waals surface area contributed by atoms with Gasteiger partial charge in [-0.1, -0.05) is 0 Å². The molecule has 1 heterocycles. The summed E-state index contributed by atoms with van der Waals surface area (Å²) in [6.45, 7) is 1.40. The number of rotatable bonds is 2. The summed E-state index contributed by atoms with van der Waals surface area (Å²) in [4.78, 5) is 0. The molecule has 2 rings (SSSR count). The summed E-state index contributed by atoms with van der Waals surface area (Å²) in [6.07, 6.45) is 3.69. The molecular formula is C9H17NO3S. The highest BCUT2D eigenvalue weighted by Gasteiger charge is 2.43. The van der Waals surface area contributed by atoms with Crippen LogP contribution in [0, 0.1) is 11.8 Å². The fourth-order valence-corrected chi connectivity index (χ4v) is 3.59. The summed E-state index contributed by atoms with van der Waals surface area (Å²) >= 11 is 0. The molecule has 14 heavy (non-hydrogen) atoms. The minimum Gasteiger partial charge on any atom is -0.381 e. The number of nitrogens with zero attached hydrogens (tertiary/aromatic N) is 1. The van der Waals surface area contributed by atoms with Crippen molar-refractivity contribution < 1.29 is 13.2 Å². The lowest BCUT2D eigenvalue weighted by Crippen LogP contribution is -2.29. The zero-order valence-corrected chi connectivity index (χ0v) is 9.46. The predicted molar refractivity (Wildman–Crippen MR) is 53.4 cm³/mol. The van der Waals surface area contributed by atoms with Crippen molar-refractivity contribution in [2.75, 3.05) is 26.5 Å². The molecule has 4 nitrogen and oxygen atoms in total. The summed E-state index contributed by atoms with van der Waals surface area (Å²) in [5, 5.41) is 0. The molecule has 1 aliphatic carbocycles. The van der Waals surface area contributed by atoms with E-state index in [-0.39, 0.29) is 0 Å². The van der Waals surface area contributed by atoms with Crippen LogP contribution in [0.5, 0.6) is 0 Å². The van der Waals surface area contributed by atoms with Crippen LogP contribution in [0.15, 0.2) is 0 Å². The third-order valence-corrected chi connectivity index (χ3v) is 4.71. The summed E-state index contributed by atoms with van der Waals surface area (Å²) in [5.74, 6) is 1.05. The first-order valence-corrected chi connectivity index (χ1v) is 6.83. The van der Waals surface area contributed by atoms with Gasteiger partial charge in [-0.2, -0.15) is 0 Å². The van der Waals surface area contributed by atoms with Crippen LogP contribution in [0.3, 0.4) is 0 Å². The van der Waals surface area contributed by atoms with Crippen molar-refractivity contribution >= 4 is 10.0 Å². The second-order valence-corrected chi connectivity index (χ2v) is 6.41. The highest BCUT2D eigenvalue weighted by molar-refractivity contribution is 7.88.